The van der Waals surface area contributed by atoms with E-state index in [1.165, 1.54) is 37.7 Å². The average Bonchev–Trinajstić information content (AvgIpc) is 2.78. The molecule has 0 aromatic carbocycles. The number of nitrogens with two attached hydrogens (primary N) is 1. The molecule has 1 aromatic rings. The molecular weight excluding hydrogens is 198 g/mol. The number of nitrogens with zero attached hydrogens (tertiary/aromatic N) is 2. The van der Waals surface area contributed by atoms with Gasteiger partial charge >= 0.3 is 0 Å². The maximum atomic E-state index is 5.64. The summed E-state index contributed by atoms with van der Waals surface area (Å²) in [5.41, 5.74) is 6.98. The third-order valence-corrected chi connectivity index (χ3v) is 3.59. The van der Waals surface area contributed by atoms with Crippen LogP contribution in [0.15, 0.2) is 12.4 Å². The second-order valence-electron chi connectivity index (χ2n) is 5.17. The molecule has 0 bridgehead atoms. The Hall–Kier alpha value is -0.830. The van der Waals surface area contributed by atoms with E-state index in [0.29, 0.717) is 12.0 Å². The molecule has 1 unspecified atom stereocenters. The molecule has 1 fully saturated rings. The van der Waals surface area contributed by atoms with Crippen molar-refractivity contribution in [2.24, 2.45) is 11.7 Å². The van der Waals surface area contributed by atoms with Gasteiger partial charge in [0.25, 0.3) is 0 Å². The Labute approximate surface area is 98.0 Å². The summed E-state index contributed by atoms with van der Waals surface area (Å²) in [5, 5.41) is 4.50. The second kappa shape index (κ2) is 5.48. The number of hydrogen-bond acceptors (Lipinski definition) is 2. The number of aromatic nitrogens is 2. The summed E-state index contributed by atoms with van der Waals surface area (Å²) in [6, 6.07) is 0.649. The van der Waals surface area contributed by atoms with Gasteiger partial charge < -0.3 is 5.73 Å². The maximum absolute atomic E-state index is 5.64. The molecule has 2 rings (SSSR count). The highest BCUT2D eigenvalue weighted by Crippen LogP contribution is 2.27. The smallest absolute Gasteiger partial charge is 0.0521 e. The first-order valence-corrected chi connectivity index (χ1v) is 6.52. The van der Waals surface area contributed by atoms with Gasteiger partial charge in [-0.25, -0.2) is 0 Å². The fraction of sp³-hybridized carbons (Fsp3) is 0.769. The van der Waals surface area contributed by atoms with Crippen LogP contribution in [-0.4, -0.2) is 16.3 Å². The molecule has 0 aliphatic heterocycles. The topological polar surface area (TPSA) is 43.8 Å². The standard InChI is InChI=1S/C13H23N3/c1-11(8-14)7-12-9-15-16(10-12)13-5-3-2-4-6-13/h9-11,13H,2-8,14H2,1H3. The van der Waals surface area contributed by atoms with Gasteiger partial charge in [-0.2, -0.15) is 5.10 Å². The molecule has 1 aliphatic carbocycles. The van der Waals surface area contributed by atoms with Crippen LogP contribution in [0, 0.1) is 5.92 Å². The summed E-state index contributed by atoms with van der Waals surface area (Å²) in [5.74, 6) is 0.559. The highest BCUT2D eigenvalue weighted by atomic mass is 15.3. The maximum Gasteiger partial charge on any atom is 0.0521 e. The third kappa shape index (κ3) is 2.85. The van der Waals surface area contributed by atoms with Crippen molar-refractivity contribution in [2.75, 3.05) is 6.54 Å². The predicted molar refractivity (Wildman–Crippen MR) is 66.3 cm³/mol. The van der Waals surface area contributed by atoms with E-state index in [2.05, 4.69) is 22.9 Å². The molecule has 3 heteroatoms. The summed E-state index contributed by atoms with van der Waals surface area (Å²) in [6.07, 6.45) is 12.0. The van der Waals surface area contributed by atoms with Crippen molar-refractivity contribution in [1.82, 2.24) is 9.78 Å². The zero-order valence-corrected chi connectivity index (χ0v) is 10.2. The second-order valence-corrected chi connectivity index (χ2v) is 5.17. The highest BCUT2D eigenvalue weighted by molar-refractivity contribution is 5.05. The summed E-state index contributed by atoms with van der Waals surface area (Å²) in [7, 11) is 0. The molecule has 1 atom stereocenters. The molecule has 1 aliphatic rings. The Morgan fingerprint density at radius 2 is 2.19 bits per heavy atom. The van der Waals surface area contributed by atoms with Gasteiger partial charge in [-0.3, -0.25) is 4.68 Å². The van der Waals surface area contributed by atoms with Crippen molar-refractivity contribution in [1.29, 1.82) is 0 Å². The Morgan fingerprint density at radius 1 is 1.44 bits per heavy atom. The highest BCUT2D eigenvalue weighted by Gasteiger charge is 2.16. The van der Waals surface area contributed by atoms with Crippen LogP contribution in [0.5, 0.6) is 0 Å². The molecule has 0 saturated heterocycles. The molecule has 2 N–H and O–H groups in total. The average molecular weight is 221 g/mol. The number of hydrogen-bond donors (Lipinski definition) is 1. The van der Waals surface area contributed by atoms with Crippen molar-refractivity contribution in [2.45, 2.75) is 51.5 Å². The minimum Gasteiger partial charge on any atom is -0.330 e. The lowest BCUT2D eigenvalue weighted by Crippen LogP contribution is -2.14. The van der Waals surface area contributed by atoms with Crippen LogP contribution in [0.1, 0.15) is 50.6 Å². The fourth-order valence-corrected chi connectivity index (χ4v) is 2.51. The summed E-state index contributed by atoms with van der Waals surface area (Å²) >= 11 is 0. The summed E-state index contributed by atoms with van der Waals surface area (Å²) < 4.78 is 2.18. The van der Waals surface area contributed by atoms with E-state index in [4.69, 9.17) is 5.73 Å². The lowest BCUT2D eigenvalue weighted by molar-refractivity contribution is 0.329. The van der Waals surface area contributed by atoms with Crippen molar-refractivity contribution in [3.63, 3.8) is 0 Å². The van der Waals surface area contributed by atoms with Crippen LogP contribution < -0.4 is 5.73 Å². The monoisotopic (exact) mass is 221 g/mol. The van der Waals surface area contributed by atoms with Crippen molar-refractivity contribution in [3.8, 4) is 0 Å². The lowest BCUT2D eigenvalue weighted by atomic mass is 9.96. The van der Waals surface area contributed by atoms with Crippen LogP contribution in [0.2, 0.25) is 0 Å². The zero-order chi connectivity index (χ0) is 11.4. The van der Waals surface area contributed by atoms with Crippen LogP contribution in [0.4, 0.5) is 0 Å². The minimum absolute atomic E-state index is 0.559. The van der Waals surface area contributed by atoms with Crippen LogP contribution in [0.25, 0.3) is 0 Å². The Balaban J connectivity index is 1.95. The summed E-state index contributed by atoms with van der Waals surface area (Å²) in [4.78, 5) is 0. The van der Waals surface area contributed by atoms with Crippen LogP contribution in [-0.2, 0) is 6.42 Å². The molecule has 0 radical (unpaired) electrons. The van der Waals surface area contributed by atoms with Gasteiger partial charge in [-0.1, -0.05) is 26.2 Å². The van der Waals surface area contributed by atoms with Gasteiger partial charge in [0.2, 0.25) is 0 Å². The third-order valence-electron chi connectivity index (χ3n) is 3.59. The molecule has 90 valence electrons. The molecule has 0 amide bonds. The van der Waals surface area contributed by atoms with Gasteiger partial charge in [0.1, 0.15) is 0 Å². The lowest BCUT2D eigenvalue weighted by Gasteiger charge is -2.21. The van der Waals surface area contributed by atoms with Crippen LogP contribution in [0.3, 0.4) is 0 Å². The molecule has 3 nitrogen and oxygen atoms in total. The molecule has 1 saturated carbocycles. The van der Waals surface area contributed by atoms with E-state index in [1.54, 1.807) is 0 Å². The molecular formula is C13H23N3. The van der Waals surface area contributed by atoms with E-state index >= 15 is 0 Å². The molecule has 16 heavy (non-hydrogen) atoms. The largest absolute Gasteiger partial charge is 0.330 e. The van der Waals surface area contributed by atoms with E-state index in [-0.39, 0.29) is 0 Å². The van der Waals surface area contributed by atoms with Crippen molar-refractivity contribution in [3.05, 3.63) is 18.0 Å². The van der Waals surface area contributed by atoms with E-state index in [9.17, 15) is 0 Å². The normalized spacial score (nSPS) is 19.9. The first-order chi connectivity index (χ1) is 7.79. The van der Waals surface area contributed by atoms with Crippen molar-refractivity contribution < 1.29 is 0 Å². The van der Waals surface area contributed by atoms with Gasteiger partial charge in [-0.15, -0.1) is 0 Å². The van der Waals surface area contributed by atoms with Gasteiger partial charge in [0, 0.05) is 6.20 Å². The fourth-order valence-electron chi connectivity index (χ4n) is 2.51. The van der Waals surface area contributed by atoms with Crippen molar-refractivity contribution >= 4 is 0 Å². The van der Waals surface area contributed by atoms with E-state index < -0.39 is 0 Å². The Kier molecular flexibility index (Phi) is 3.99. The quantitative estimate of drug-likeness (QED) is 0.849. The minimum atomic E-state index is 0.559. The Bertz CT molecular complexity index is 313. The van der Waals surface area contributed by atoms with E-state index in [1.807, 2.05) is 6.20 Å². The van der Waals surface area contributed by atoms with Crippen LogP contribution >= 0.6 is 0 Å². The molecule has 1 heterocycles. The SMILES string of the molecule is CC(CN)Cc1cnn(C2CCCCC2)c1. The Morgan fingerprint density at radius 3 is 2.88 bits per heavy atom. The zero-order valence-electron chi connectivity index (χ0n) is 10.2. The first kappa shape index (κ1) is 11.6. The van der Waals surface area contributed by atoms with Gasteiger partial charge in [-0.05, 0) is 37.3 Å². The predicted octanol–water partition coefficient (Wildman–Crippen LogP) is 2.53. The van der Waals surface area contributed by atoms with Gasteiger partial charge in [0.15, 0.2) is 0 Å². The molecule has 0 spiro atoms. The van der Waals surface area contributed by atoms with Gasteiger partial charge in [0.05, 0.1) is 12.2 Å². The first-order valence-electron chi connectivity index (χ1n) is 6.52. The molecule has 1 aromatic heterocycles. The number of rotatable bonds is 4. The van der Waals surface area contributed by atoms with E-state index in [0.717, 1.165) is 13.0 Å². The summed E-state index contributed by atoms with van der Waals surface area (Å²) in [6.45, 7) is 2.95.